The largest absolute Gasteiger partial charge is 0.463 e. The SMILES string of the molecule is CCOC(=O)/C=C/[C@@H](C)[C@@H](O)CCl. The first-order valence-corrected chi connectivity index (χ1v) is 4.74. The van der Waals surface area contributed by atoms with Crippen LogP contribution in [0.25, 0.3) is 0 Å². The second-order valence-corrected chi connectivity index (χ2v) is 3.00. The van der Waals surface area contributed by atoms with Gasteiger partial charge in [0, 0.05) is 17.9 Å². The molecule has 0 amide bonds. The van der Waals surface area contributed by atoms with Crippen molar-refractivity contribution in [2.75, 3.05) is 12.5 Å². The maximum absolute atomic E-state index is 10.8. The van der Waals surface area contributed by atoms with Gasteiger partial charge in [-0.2, -0.15) is 0 Å². The minimum Gasteiger partial charge on any atom is -0.463 e. The van der Waals surface area contributed by atoms with Crippen molar-refractivity contribution in [2.45, 2.75) is 20.0 Å². The number of esters is 1. The molecule has 0 aliphatic rings. The van der Waals surface area contributed by atoms with Gasteiger partial charge in [-0.05, 0) is 6.92 Å². The second-order valence-electron chi connectivity index (χ2n) is 2.69. The summed E-state index contributed by atoms with van der Waals surface area (Å²) in [5.41, 5.74) is 0. The Balaban J connectivity index is 3.88. The maximum Gasteiger partial charge on any atom is 0.330 e. The lowest BCUT2D eigenvalue weighted by atomic mass is 10.1. The van der Waals surface area contributed by atoms with E-state index in [1.165, 1.54) is 6.08 Å². The lowest BCUT2D eigenvalue weighted by Gasteiger charge is -2.10. The van der Waals surface area contributed by atoms with Crippen molar-refractivity contribution in [3.63, 3.8) is 0 Å². The van der Waals surface area contributed by atoms with Crippen LogP contribution in [-0.2, 0) is 9.53 Å². The fraction of sp³-hybridized carbons (Fsp3) is 0.667. The Hall–Kier alpha value is -0.540. The van der Waals surface area contributed by atoms with Crippen molar-refractivity contribution < 1.29 is 14.6 Å². The number of rotatable bonds is 5. The first-order valence-electron chi connectivity index (χ1n) is 4.20. The van der Waals surface area contributed by atoms with Gasteiger partial charge in [0.05, 0.1) is 12.7 Å². The summed E-state index contributed by atoms with van der Waals surface area (Å²) in [6.07, 6.45) is 2.28. The molecular formula is C9H15ClO3. The van der Waals surface area contributed by atoms with E-state index in [2.05, 4.69) is 4.74 Å². The molecular weight excluding hydrogens is 192 g/mol. The predicted molar refractivity (Wildman–Crippen MR) is 51.7 cm³/mol. The van der Waals surface area contributed by atoms with E-state index in [-0.39, 0.29) is 11.8 Å². The van der Waals surface area contributed by atoms with Gasteiger partial charge in [0.1, 0.15) is 0 Å². The molecule has 0 saturated carbocycles. The molecule has 0 aromatic heterocycles. The maximum atomic E-state index is 10.8. The van der Waals surface area contributed by atoms with Gasteiger partial charge in [-0.3, -0.25) is 0 Å². The third kappa shape index (κ3) is 5.66. The van der Waals surface area contributed by atoms with Crippen LogP contribution in [-0.4, -0.2) is 29.7 Å². The van der Waals surface area contributed by atoms with E-state index < -0.39 is 12.1 Å². The highest BCUT2D eigenvalue weighted by atomic mass is 35.5. The normalized spacial score (nSPS) is 15.7. The summed E-state index contributed by atoms with van der Waals surface area (Å²) in [4.78, 5) is 10.8. The zero-order valence-corrected chi connectivity index (χ0v) is 8.62. The zero-order valence-electron chi connectivity index (χ0n) is 7.87. The Labute approximate surface area is 83.3 Å². The third-order valence-corrected chi connectivity index (χ3v) is 1.90. The van der Waals surface area contributed by atoms with Crippen LogP contribution < -0.4 is 0 Å². The van der Waals surface area contributed by atoms with Crippen molar-refractivity contribution >= 4 is 17.6 Å². The molecule has 4 heteroatoms. The van der Waals surface area contributed by atoms with Gasteiger partial charge in [0.15, 0.2) is 0 Å². The Morgan fingerprint density at radius 1 is 1.69 bits per heavy atom. The summed E-state index contributed by atoms with van der Waals surface area (Å²) >= 11 is 5.42. The van der Waals surface area contributed by atoms with E-state index in [0.29, 0.717) is 6.61 Å². The molecule has 2 atom stereocenters. The van der Waals surface area contributed by atoms with Gasteiger partial charge in [-0.25, -0.2) is 4.79 Å². The lowest BCUT2D eigenvalue weighted by molar-refractivity contribution is -0.137. The monoisotopic (exact) mass is 206 g/mol. The molecule has 0 radical (unpaired) electrons. The molecule has 0 aliphatic carbocycles. The van der Waals surface area contributed by atoms with Crippen LogP contribution in [0.2, 0.25) is 0 Å². The van der Waals surface area contributed by atoms with Crippen molar-refractivity contribution in [2.24, 2.45) is 5.92 Å². The molecule has 0 aromatic rings. The molecule has 0 aromatic carbocycles. The number of aliphatic hydroxyl groups is 1. The smallest absolute Gasteiger partial charge is 0.330 e. The number of carbonyl (C=O) groups is 1. The predicted octanol–water partition coefficient (Wildman–Crippen LogP) is 1.34. The van der Waals surface area contributed by atoms with Crippen molar-refractivity contribution in [1.82, 2.24) is 0 Å². The van der Waals surface area contributed by atoms with Crippen LogP contribution in [0.15, 0.2) is 12.2 Å². The number of aliphatic hydroxyl groups excluding tert-OH is 1. The van der Waals surface area contributed by atoms with Gasteiger partial charge in [-0.15, -0.1) is 11.6 Å². The summed E-state index contributed by atoms with van der Waals surface area (Å²) in [7, 11) is 0. The average Bonchev–Trinajstić information content (AvgIpc) is 2.13. The van der Waals surface area contributed by atoms with E-state index in [9.17, 15) is 9.90 Å². The highest BCUT2D eigenvalue weighted by Crippen LogP contribution is 2.06. The van der Waals surface area contributed by atoms with E-state index >= 15 is 0 Å². The molecule has 0 fully saturated rings. The van der Waals surface area contributed by atoms with Crippen molar-refractivity contribution in [3.8, 4) is 0 Å². The number of carbonyl (C=O) groups excluding carboxylic acids is 1. The fourth-order valence-electron chi connectivity index (χ4n) is 0.689. The minimum atomic E-state index is -0.618. The molecule has 0 rings (SSSR count). The molecule has 0 bridgehead atoms. The fourth-order valence-corrected chi connectivity index (χ4v) is 0.971. The van der Waals surface area contributed by atoms with Gasteiger partial charge in [0.25, 0.3) is 0 Å². The standard InChI is InChI=1S/C9H15ClO3/c1-3-13-9(12)5-4-7(2)8(11)6-10/h4-5,7-8,11H,3,6H2,1-2H3/b5-4+/t7-,8+/m1/s1. The number of halogens is 1. The van der Waals surface area contributed by atoms with E-state index in [4.69, 9.17) is 11.6 Å². The molecule has 0 aliphatic heterocycles. The Kier molecular flexibility index (Phi) is 6.63. The average molecular weight is 207 g/mol. The minimum absolute atomic E-state index is 0.137. The summed E-state index contributed by atoms with van der Waals surface area (Å²) in [6, 6.07) is 0. The van der Waals surface area contributed by atoms with Crippen LogP contribution in [0.1, 0.15) is 13.8 Å². The van der Waals surface area contributed by atoms with Gasteiger partial charge >= 0.3 is 5.97 Å². The number of hydrogen-bond donors (Lipinski definition) is 1. The van der Waals surface area contributed by atoms with Gasteiger partial charge < -0.3 is 9.84 Å². The molecule has 0 saturated heterocycles. The quantitative estimate of drug-likeness (QED) is 0.420. The summed E-state index contributed by atoms with van der Waals surface area (Å²) in [5, 5.41) is 9.23. The Bertz CT molecular complexity index is 180. The number of ether oxygens (including phenoxy) is 1. The zero-order chi connectivity index (χ0) is 10.3. The summed E-state index contributed by atoms with van der Waals surface area (Å²) in [5.74, 6) is -0.369. The first kappa shape index (κ1) is 12.5. The molecule has 0 unspecified atom stereocenters. The van der Waals surface area contributed by atoms with E-state index in [1.807, 2.05) is 0 Å². The number of hydrogen-bond acceptors (Lipinski definition) is 3. The highest BCUT2D eigenvalue weighted by Gasteiger charge is 2.09. The van der Waals surface area contributed by atoms with Crippen LogP contribution in [0.4, 0.5) is 0 Å². The van der Waals surface area contributed by atoms with E-state index in [0.717, 1.165) is 0 Å². The van der Waals surface area contributed by atoms with E-state index in [1.54, 1.807) is 19.9 Å². The van der Waals surface area contributed by atoms with Gasteiger partial charge in [0.2, 0.25) is 0 Å². The topological polar surface area (TPSA) is 46.5 Å². The Morgan fingerprint density at radius 3 is 2.77 bits per heavy atom. The summed E-state index contributed by atoms with van der Waals surface area (Å²) < 4.78 is 4.67. The molecule has 76 valence electrons. The molecule has 0 spiro atoms. The van der Waals surface area contributed by atoms with Crippen LogP contribution in [0.3, 0.4) is 0 Å². The molecule has 0 heterocycles. The van der Waals surface area contributed by atoms with Crippen LogP contribution in [0, 0.1) is 5.92 Å². The van der Waals surface area contributed by atoms with Crippen molar-refractivity contribution in [1.29, 1.82) is 0 Å². The van der Waals surface area contributed by atoms with Crippen molar-refractivity contribution in [3.05, 3.63) is 12.2 Å². The van der Waals surface area contributed by atoms with Crippen LogP contribution in [0.5, 0.6) is 0 Å². The lowest BCUT2D eigenvalue weighted by Crippen LogP contribution is -2.17. The molecule has 13 heavy (non-hydrogen) atoms. The van der Waals surface area contributed by atoms with Gasteiger partial charge in [-0.1, -0.05) is 13.0 Å². The highest BCUT2D eigenvalue weighted by molar-refractivity contribution is 6.18. The van der Waals surface area contributed by atoms with Crippen LogP contribution >= 0.6 is 11.6 Å². The number of alkyl halides is 1. The third-order valence-electron chi connectivity index (χ3n) is 1.59. The molecule has 3 nitrogen and oxygen atoms in total. The summed E-state index contributed by atoms with van der Waals surface area (Å²) in [6.45, 7) is 3.88. The first-order chi connectivity index (χ1) is 6.11. The second kappa shape index (κ2) is 6.92. The Morgan fingerprint density at radius 2 is 2.31 bits per heavy atom. The molecule has 1 N–H and O–H groups in total.